The quantitative estimate of drug-likeness (QED) is 0.495. The fraction of sp³-hybridized carbons (Fsp3) is 0.214. The van der Waals surface area contributed by atoms with E-state index in [-0.39, 0.29) is 5.84 Å². The summed E-state index contributed by atoms with van der Waals surface area (Å²) >= 11 is 9.13. The first-order valence-corrected chi connectivity index (χ1v) is 8.41. The van der Waals surface area contributed by atoms with Gasteiger partial charge < -0.3 is 10.6 Å². The number of halogens is 1. The Balaban J connectivity index is 2.34. The zero-order valence-corrected chi connectivity index (χ0v) is 13.7. The van der Waals surface area contributed by atoms with E-state index in [9.17, 15) is 0 Å². The van der Waals surface area contributed by atoms with E-state index in [0.717, 1.165) is 27.0 Å². The van der Waals surface area contributed by atoms with E-state index in [1.807, 2.05) is 43.6 Å². The third-order valence-corrected chi connectivity index (χ3v) is 4.92. The molecule has 0 atom stereocenters. The highest BCUT2D eigenvalue weighted by atomic mass is 35.5. The summed E-state index contributed by atoms with van der Waals surface area (Å²) in [6.07, 6.45) is 1.99. The van der Waals surface area contributed by atoms with E-state index >= 15 is 0 Å². The number of rotatable bonds is 5. The molecule has 0 fully saturated rings. The molecule has 1 heterocycles. The Morgan fingerprint density at radius 3 is 2.70 bits per heavy atom. The van der Waals surface area contributed by atoms with Gasteiger partial charge in [0.25, 0.3) is 0 Å². The van der Waals surface area contributed by atoms with Gasteiger partial charge in [0.2, 0.25) is 0 Å². The van der Waals surface area contributed by atoms with Gasteiger partial charge in [0.1, 0.15) is 5.84 Å². The third-order valence-electron chi connectivity index (χ3n) is 2.93. The molecule has 0 spiro atoms. The predicted octanol–water partition coefficient (Wildman–Crippen LogP) is 4.04. The van der Waals surface area contributed by atoms with Gasteiger partial charge in [-0.15, -0.1) is 23.1 Å². The molecule has 1 aromatic carbocycles. The second-order valence-corrected chi connectivity index (χ2v) is 6.98. The lowest BCUT2D eigenvalue weighted by Crippen LogP contribution is -2.22. The molecule has 2 rings (SSSR count). The zero-order valence-electron chi connectivity index (χ0n) is 11.3. The SMILES string of the molecule is CSc1cccc(N(C)Cc2ccc(Cl)s2)c1C(=N)N. The van der Waals surface area contributed by atoms with Crippen LogP contribution in [0.15, 0.2) is 35.2 Å². The topological polar surface area (TPSA) is 53.1 Å². The van der Waals surface area contributed by atoms with Crippen LogP contribution in [0.1, 0.15) is 10.4 Å². The summed E-state index contributed by atoms with van der Waals surface area (Å²) in [6, 6.07) is 9.90. The van der Waals surface area contributed by atoms with Crippen molar-refractivity contribution in [1.82, 2.24) is 0 Å². The molecule has 20 heavy (non-hydrogen) atoms. The molecule has 0 aliphatic rings. The van der Waals surface area contributed by atoms with Crippen LogP contribution >= 0.6 is 34.7 Å². The van der Waals surface area contributed by atoms with Crippen LogP contribution in [0.25, 0.3) is 0 Å². The number of nitrogen functional groups attached to an aromatic ring is 1. The van der Waals surface area contributed by atoms with Crippen molar-refractivity contribution in [3.8, 4) is 0 Å². The van der Waals surface area contributed by atoms with Crippen molar-refractivity contribution in [2.45, 2.75) is 11.4 Å². The smallest absolute Gasteiger partial charge is 0.126 e. The molecule has 106 valence electrons. The lowest BCUT2D eigenvalue weighted by molar-refractivity contribution is 0.934. The number of thioether (sulfide) groups is 1. The van der Waals surface area contributed by atoms with Gasteiger partial charge in [0.05, 0.1) is 16.4 Å². The van der Waals surface area contributed by atoms with Gasteiger partial charge in [-0.1, -0.05) is 17.7 Å². The minimum Gasteiger partial charge on any atom is -0.384 e. The number of benzene rings is 1. The number of hydrogen-bond acceptors (Lipinski definition) is 4. The van der Waals surface area contributed by atoms with Crippen molar-refractivity contribution < 1.29 is 0 Å². The van der Waals surface area contributed by atoms with E-state index < -0.39 is 0 Å². The number of nitrogens with one attached hydrogen (secondary N) is 1. The Hall–Kier alpha value is -1.17. The Bertz CT molecular complexity index is 625. The fourth-order valence-corrected chi connectivity index (χ4v) is 3.81. The van der Waals surface area contributed by atoms with Gasteiger partial charge in [0, 0.05) is 22.5 Å². The molecule has 1 aromatic heterocycles. The monoisotopic (exact) mass is 325 g/mol. The molecule has 6 heteroatoms. The molecule has 3 N–H and O–H groups in total. The third kappa shape index (κ3) is 3.29. The van der Waals surface area contributed by atoms with Gasteiger partial charge in [-0.3, -0.25) is 5.41 Å². The molecule has 0 bridgehead atoms. The molecule has 0 unspecified atom stereocenters. The van der Waals surface area contributed by atoms with Gasteiger partial charge in [-0.25, -0.2) is 0 Å². The molecular weight excluding hydrogens is 310 g/mol. The predicted molar refractivity (Wildman–Crippen MR) is 90.7 cm³/mol. The van der Waals surface area contributed by atoms with E-state index in [1.165, 1.54) is 4.88 Å². The summed E-state index contributed by atoms with van der Waals surface area (Å²) in [5.74, 6) is 0.0982. The molecule has 0 saturated carbocycles. The lowest BCUT2D eigenvalue weighted by Gasteiger charge is -2.23. The van der Waals surface area contributed by atoms with Crippen LogP contribution in [0.2, 0.25) is 4.34 Å². The van der Waals surface area contributed by atoms with Crippen LogP contribution in [0.4, 0.5) is 5.69 Å². The summed E-state index contributed by atoms with van der Waals surface area (Å²) in [5.41, 5.74) is 7.51. The van der Waals surface area contributed by atoms with Gasteiger partial charge in [0.15, 0.2) is 0 Å². The Labute approximate surface area is 132 Å². The van der Waals surface area contributed by atoms with Crippen molar-refractivity contribution in [3.05, 3.63) is 45.1 Å². The largest absolute Gasteiger partial charge is 0.384 e. The number of anilines is 1. The number of hydrogen-bond donors (Lipinski definition) is 2. The molecule has 2 aromatic rings. The zero-order chi connectivity index (χ0) is 14.7. The molecule has 0 aliphatic heterocycles. The molecule has 3 nitrogen and oxygen atoms in total. The summed E-state index contributed by atoms with van der Waals surface area (Å²) in [5, 5.41) is 7.82. The standard InChI is InChI=1S/C14H16ClN3S2/c1-18(8-9-6-7-12(15)20-9)10-4-3-5-11(19-2)13(10)14(16)17/h3-7H,8H2,1-2H3,(H3,16,17). The molecule has 0 radical (unpaired) electrons. The lowest BCUT2D eigenvalue weighted by atomic mass is 10.1. The minimum atomic E-state index is 0.0982. The van der Waals surface area contributed by atoms with Crippen LogP contribution < -0.4 is 10.6 Å². The number of nitrogens with zero attached hydrogens (tertiary/aromatic N) is 1. The van der Waals surface area contributed by atoms with Crippen molar-refractivity contribution in [3.63, 3.8) is 0 Å². The van der Waals surface area contributed by atoms with Crippen LogP contribution in [0.3, 0.4) is 0 Å². The average molecular weight is 326 g/mol. The number of nitrogens with two attached hydrogens (primary N) is 1. The molecular formula is C14H16ClN3S2. The highest BCUT2D eigenvalue weighted by molar-refractivity contribution is 7.98. The van der Waals surface area contributed by atoms with Gasteiger partial charge in [-0.05, 0) is 30.5 Å². The molecule has 0 aliphatic carbocycles. The minimum absolute atomic E-state index is 0.0982. The van der Waals surface area contributed by atoms with Crippen LogP contribution in [-0.4, -0.2) is 19.1 Å². The number of thiophene rings is 1. The first-order valence-electron chi connectivity index (χ1n) is 5.99. The maximum Gasteiger partial charge on any atom is 0.126 e. The normalized spacial score (nSPS) is 10.6. The fourth-order valence-electron chi connectivity index (χ4n) is 2.03. The molecule has 0 amide bonds. The summed E-state index contributed by atoms with van der Waals surface area (Å²) in [4.78, 5) is 4.30. The maximum atomic E-state index is 7.82. The summed E-state index contributed by atoms with van der Waals surface area (Å²) in [6.45, 7) is 0.746. The van der Waals surface area contributed by atoms with Crippen molar-refractivity contribution in [2.75, 3.05) is 18.2 Å². The van der Waals surface area contributed by atoms with Gasteiger partial charge >= 0.3 is 0 Å². The maximum absolute atomic E-state index is 7.82. The first-order chi connectivity index (χ1) is 9.52. The van der Waals surface area contributed by atoms with E-state index in [2.05, 4.69) is 4.90 Å². The van der Waals surface area contributed by atoms with Crippen LogP contribution in [0.5, 0.6) is 0 Å². The summed E-state index contributed by atoms with van der Waals surface area (Å²) < 4.78 is 0.790. The van der Waals surface area contributed by atoms with Crippen LogP contribution in [0, 0.1) is 5.41 Å². The average Bonchev–Trinajstić information content (AvgIpc) is 2.82. The summed E-state index contributed by atoms with van der Waals surface area (Å²) in [7, 11) is 2.00. The highest BCUT2D eigenvalue weighted by Crippen LogP contribution is 2.31. The first kappa shape index (κ1) is 15.2. The van der Waals surface area contributed by atoms with Gasteiger partial charge in [-0.2, -0.15) is 0 Å². The van der Waals surface area contributed by atoms with Crippen molar-refractivity contribution >= 4 is 46.2 Å². The van der Waals surface area contributed by atoms with Crippen molar-refractivity contribution in [1.29, 1.82) is 5.41 Å². The highest BCUT2D eigenvalue weighted by Gasteiger charge is 2.14. The Morgan fingerprint density at radius 2 is 2.15 bits per heavy atom. The Kier molecular flexibility index (Phi) is 4.96. The second-order valence-electron chi connectivity index (χ2n) is 4.33. The Morgan fingerprint density at radius 1 is 1.40 bits per heavy atom. The molecule has 0 saturated heterocycles. The number of amidine groups is 1. The van der Waals surface area contributed by atoms with E-state index in [0.29, 0.717) is 0 Å². The van der Waals surface area contributed by atoms with E-state index in [4.69, 9.17) is 22.7 Å². The van der Waals surface area contributed by atoms with E-state index in [1.54, 1.807) is 23.1 Å². The van der Waals surface area contributed by atoms with Crippen LogP contribution in [-0.2, 0) is 6.54 Å². The second kappa shape index (κ2) is 6.52. The van der Waals surface area contributed by atoms with Crippen molar-refractivity contribution in [2.24, 2.45) is 5.73 Å².